The fraction of sp³-hybridized carbons (Fsp3) is 0.417. The number of ether oxygens (including phenoxy) is 1. The number of nitrogens with one attached hydrogen (secondary N) is 2. The average molecular weight is 694 g/mol. The van der Waals surface area contributed by atoms with Gasteiger partial charge < -0.3 is 54.7 Å². The van der Waals surface area contributed by atoms with Gasteiger partial charge in [0.25, 0.3) is 0 Å². The van der Waals surface area contributed by atoms with Crippen molar-refractivity contribution in [1.29, 1.82) is 0 Å². The zero-order valence-corrected chi connectivity index (χ0v) is 28.0. The van der Waals surface area contributed by atoms with Crippen molar-refractivity contribution in [2.75, 3.05) is 26.8 Å². The van der Waals surface area contributed by atoms with Gasteiger partial charge in [0, 0.05) is 54.9 Å². The van der Waals surface area contributed by atoms with E-state index in [1.165, 1.54) is 30.3 Å². The molecule has 0 fully saturated rings. The molecule has 8 N–H and O–H groups in total. The van der Waals surface area contributed by atoms with Crippen molar-refractivity contribution >= 4 is 21.9 Å². The van der Waals surface area contributed by atoms with E-state index in [-0.39, 0.29) is 24.0 Å². The van der Waals surface area contributed by atoms with Crippen LogP contribution in [0.4, 0.5) is 0 Å². The number of aliphatic hydroxyl groups is 5. The third kappa shape index (κ3) is 6.89. The summed E-state index contributed by atoms with van der Waals surface area (Å²) in [6.45, 7) is 2.58. The molecule has 6 atom stereocenters. The topological polar surface area (TPSA) is 212 Å². The van der Waals surface area contributed by atoms with Gasteiger partial charge >= 0.3 is 0 Å². The molecule has 5 aromatic rings. The molecule has 4 heterocycles. The predicted molar refractivity (Wildman–Crippen MR) is 182 cm³/mol. The molecule has 0 aliphatic carbocycles. The summed E-state index contributed by atoms with van der Waals surface area (Å²) < 4.78 is 14.9. The molecule has 0 amide bonds. The fourth-order valence-corrected chi connectivity index (χ4v) is 6.50. The molecule has 50 heavy (non-hydrogen) atoms. The Balaban J connectivity index is 1.35. The van der Waals surface area contributed by atoms with Gasteiger partial charge in [0.05, 0.1) is 17.5 Å². The molecule has 268 valence electrons. The van der Waals surface area contributed by atoms with Gasteiger partial charge in [-0.1, -0.05) is 12.1 Å². The lowest BCUT2D eigenvalue weighted by atomic mass is 9.85. The molecular weight excluding hydrogens is 650 g/mol. The zero-order valence-electron chi connectivity index (χ0n) is 28.0. The van der Waals surface area contributed by atoms with Crippen LogP contribution < -0.4 is 15.5 Å². The second-order valence-corrected chi connectivity index (χ2v) is 13.3. The quantitative estimate of drug-likeness (QED) is 0.0618. The largest absolute Gasteiger partial charge is 0.508 e. The normalized spacial score (nSPS) is 20.7. The van der Waals surface area contributed by atoms with Crippen molar-refractivity contribution in [3.05, 3.63) is 88.2 Å². The van der Waals surface area contributed by atoms with Crippen LogP contribution in [0.25, 0.3) is 27.6 Å². The molecule has 1 aliphatic heterocycles. The van der Waals surface area contributed by atoms with Gasteiger partial charge in [-0.15, -0.1) is 0 Å². The number of hydrogen-bond acceptors (Lipinski definition) is 12. The maximum atomic E-state index is 13.3. The van der Waals surface area contributed by atoms with E-state index in [2.05, 4.69) is 10.3 Å². The van der Waals surface area contributed by atoms with E-state index >= 15 is 0 Å². The SMILES string of the molecule is CNCCC1(C)Oc2c(cc3c(=O)cc(C)oc3c2-n2cc3cc[nH]c3c2)CC1OOCC(O)(Cc1ccc(O)cc1)C(O)C(O)C(O)CO. The van der Waals surface area contributed by atoms with Gasteiger partial charge in [-0.3, -0.25) is 4.79 Å². The lowest BCUT2D eigenvalue weighted by molar-refractivity contribution is -0.371. The number of rotatable bonds is 14. The Kier molecular flexibility index (Phi) is 10.1. The van der Waals surface area contributed by atoms with Crippen LogP contribution in [0.3, 0.4) is 0 Å². The zero-order chi connectivity index (χ0) is 35.8. The first-order valence-electron chi connectivity index (χ1n) is 16.4. The lowest BCUT2D eigenvalue weighted by Crippen LogP contribution is -2.58. The van der Waals surface area contributed by atoms with E-state index in [4.69, 9.17) is 18.9 Å². The van der Waals surface area contributed by atoms with Crippen LogP contribution in [0.2, 0.25) is 0 Å². The van der Waals surface area contributed by atoms with Crippen molar-refractivity contribution in [1.82, 2.24) is 14.9 Å². The van der Waals surface area contributed by atoms with Crippen molar-refractivity contribution in [2.24, 2.45) is 0 Å². The van der Waals surface area contributed by atoms with E-state index in [9.17, 15) is 35.4 Å². The number of phenolic OH excluding ortho intramolecular Hbond substituents is 1. The van der Waals surface area contributed by atoms with Gasteiger partial charge in [-0.2, -0.15) is 0 Å². The maximum absolute atomic E-state index is 13.3. The summed E-state index contributed by atoms with van der Waals surface area (Å²) in [5, 5.41) is 66.8. The summed E-state index contributed by atoms with van der Waals surface area (Å²) in [6, 6.07) is 10.9. The van der Waals surface area contributed by atoms with Crippen LogP contribution in [-0.2, 0) is 22.6 Å². The second kappa shape index (κ2) is 14.2. The molecule has 6 rings (SSSR count). The van der Waals surface area contributed by atoms with Crippen LogP contribution >= 0.6 is 0 Å². The van der Waals surface area contributed by atoms with Crippen LogP contribution in [0, 0.1) is 6.92 Å². The Labute approximate surface area is 287 Å². The minimum Gasteiger partial charge on any atom is -0.508 e. The first-order chi connectivity index (χ1) is 23.9. The van der Waals surface area contributed by atoms with Gasteiger partial charge in [0.15, 0.2) is 16.8 Å². The highest BCUT2D eigenvalue weighted by Gasteiger charge is 2.47. The van der Waals surface area contributed by atoms with Crippen LogP contribution in [0.15, 0.2) is 70.3 Å². The number of hydrogen-bond donors (Lipinski definition) is 8. The second-order valence-electron chi connectivity index (χ2n) is 13.3. The maximum Gasteiger partial charge on any atom is 0.193 e. The van der Waals surface area contributed by atoms with Crippen LogP contribution in [-0.4, -0.2) is 103 Å². The highest BCUT2D eigenvalue weighted by molar-refractivity contribution is 5.91. The van der Waals surface area contributed by atoms with Gasteiger partial charge in [-0.25, -0.2) is 9.78 Å². The van der Waals surface area contributed by atoms with Crippen LogP contribution in [0.5, 0.6) is 11.5 Å². The summed E-state index contributed by atoms with van der Waals surface area (Å²) in [7, 11) is 1.81. The summed E-state index contributed by atoms with van der Waals surface area (Å²) in [5.74, 6) is 0.941. The number of phenols is 1. The Bertz CT molecular complexity index is 1980. The predicted octanol–water partition coefficient (Wildman–Crippen LogP) is 1.75. The Morgan fingerprint density at radius 2 is 1.92 bits per heavy atom. The number of aryl methyl sites for hydroxylation is 1. The molecule has 0 saturated heterocycles. The molecule has 1 aliphatic rings. The molecule has 0 spiro atoms. The molecule has 14 nitrogen and oxygen atoms in total. The van der Waals surface area contributed by atoms with Gasteiger partial charge in [0.1, 0.15) is 59.4 Å². The summed E-state index contributed by atoms with van der Waals surface area (Å²) in [5.41, 5.74) is -0.543. The monoisotopic (exact) mass is 693 g/mol. The number of aliphatic hydroxyl groups excluding tert-OH is 4. The highest BCUT2D eigenvalue weighted by atomic mass is 17.2. The van der Waals surface area contributed by atoms with Gasteiger partial charge in [0.2, 0.25) is 0 Å². The number of nitrogens with zero attached hydrogens (tertiary/aromatic N) is 1. The molecule has 0 saturated carbocycles. The summed E-state index contributed by atoms with van der Waals surface area (Å²) >= 11 is 0. The number of aromatic amines is 1. The third-order valence-corrected chi connectivity index (χ3v) is 9.45. The Morgan fingerprint density at radius 1 is 1.16 bits per heavy atom. The van der Waals surface area contributed by atoms with E-state index in [1.807, 2.05) is 43.2 Å². The van der Waals surface area contributed by atoms with E-state index in [0.717, 1.165) is 10.9 Å². The molecular formula is C36H43N3O11. The minimum absolute atomic E-state index is 0.00943. The van der Waals surface area contributed by atoms with Crippen molar-refractivity contribution in [3.8, 4) is 17.2 Å². The lowest BCUT2D eigenvalue weighted by Gasteiger charge is -2.43. The van der Waals surface area contributed by atoms with E-state index in [0.29, 0.717) is 52.3 Å². The first kappa shape index (κ1) is 35.6. The smallest absolute Gasteiger partial charge is 0.193 e. The van der Waals surface area contributed by atoms with Gasteiger partial charge in [-0.05, 0) is 57.3 Å². The highest BCUT2D eigenvalue weighted by Crippen LogP contribution is 2.44. The number of aromatic nitrogens is 2. The molecule has 0 bridgehead atoms. The molecule has 6 unspecified atom stereocenters. The Hall–Kier alpha value is -4.25. The molecule has 2 aromatic carbocycles. The number of fused-ring (bicyclic) bond motifs is 3. The molecule has 14 heteroatoms. The third-order valence-electron chi connectivity index (χ3n) is 9.45. The van der Waals surface area contributed by atoms with E-state index < -0.39 is 48.8 Å². The first-order valence-corrected chi connectivity index (χ1v) is 16.4. The number of H-pyrrole nitrogens is 1. The van der Waals surface area contributed by atoms with Crippen molar-refractivity contribution < 1.29 is 49.6 Å². The van der Waals surface area contributed by atoms with Crippen LogP contribution in [0.1, 0.15) is 30.2 Å². The minimum atomic E-state index is -2.22. The summed E-state index contributed by atoms with van der Waals surface area (Å²) in [4.78, 5) is 28.1. The van der Waals surface area contributed by atoms with Crippen molar-refractivity contribution in [2.45, 2.75) is 68.7 Å². The number of benzene rings is 2. The fourth-order valence-electron chi connectivity index (χ4n) is 6.50. The average Bonchev–Trinajstić information content (AvgIpc) is 3.70. The number of aromatic hydroxyl groups is 1. The Morgan fingerprint density at radius 3 is 2.62 bits per heavy atom. The van der Waals surface area contributed by atoms with Crippen molar-refractivity contribution in [3.63, 3.8) is 0 Å². The van der Waals surface area contributed by atoms with E-state index in [1.54, 1.807) is 13.0 Å². The standard InChI is InChI=1S/C36H43N3O11/c1-20-12-27(42)25-13-23-14-29(50-47-19-36(46,34(45)31(44)28(43)18-40)15-21-4-6-24(41)7-5-21)35(2,9-11-37-3)49-32(23)30(33(25)48-20)39-16-22-8-10-38-26(22)17-39/h4-8,10,12-13,16-17,28-29,31,34,37-38,40-41,43-46H,9,11,14-15,18-19H2,1-3H3. The molecule has 0 radical (unpaired) electrons. The molecule has 3 aromatic heterocycles. The summed E-state index contributed by atoms with van der Waals surface area (Å²) in [6.07, 6.45) is -0.409.